The summed E-state index contributed by atoms with van der Waals surface area (Å²) in [7, 11) is 0. The standard InChI is InChI=1S/C61H70N2/c1-11-16-24-48(14-4)54-39-55(50-25-18-17-19-26-50)41-56(40-54)62(44(6)7)38-22-27-51(34-31-46(9)23-12-2)52-36-37-60-58(42-52)57-28-20-21-29-59(57)63(60)61-43-53(35-32-47(61)10)49(15-5)33-30-45(8)13-3/h12-15,17-29,32-37,39-44,47,57,59,61H,4-5,9,11,16,30-31,38H2,1-3,6-8,10H3/b23-12-,27-22-,45-13?,48-24+,49-33+,51-34+/t47?,57?,59-,61?/m0/s1. The van der Waals surface area contributed by atoms with Crippen molar-refractivity contribution < 1.29 is 0 Å². The van der Waals surface area contributed by atoms with E-state index >= 15 is 0 Å². The first-order valence-electron chi connectivity index (χ1n) is 23.2. The number of nitrogens with zero attached hydrogens (tertiary/aromatic N) is 2. The van der Waals surface area contributed by atoms with Crippen LogP contribution in [0.25, 0.3) is 22.3 Å². The zero-order valence-corrected chi connectivity index (χ0v) is 39.1. The number of fused-ring (bicyclic) bond motifs is 3. The van der Waals surface area contributed by atoms with Crippen molar-refractivity contribution in [2.75, 3.05) is 16.3 Å². The van der Waals surface area contributed by atoms with Gasteiger partial charge in [-0.25, -0.2) is 0 Å². The van der Waals surface area contributed by atoms with Gasteiger partial charge >= 0.3 is 0 Å². The fraction of sp³-hybridized carbons (Fsp3) is 0.279. The van der Waals surface area contributed by atoms with Gasteiger partial charge in [-0.3, -0.25) is 0 Å². The Balaban J connectivity index is 1.37. The minimum absolute atomic E-state index is 0.207. The fourth-order valence-corrected chi connectivity index (χ4v) is 8.99. The number of anilines is 2. The van der Waals surface area contributed by atoms with Crippen molar-refractivity contribution in [3.05, 3.63) is 229 Å². The van der Waals surface area contributed by atoms with Gasteiger partial charge in [0.1, 0.15) is 0 Å². The number of unbranched alkanes of at least 4 members (excludes halogenated alkanes) is 1. The summed E-state index contributed by atoms with van der Waals surface area (Å²) in [6, 6.07) is 25.6. The van der Waals surface area contributed by atoms with Crippen molar-refractivity contribution >= 4 is 22.5 Å². The number of allylic oxidation sites excluding steroid dienone is 18. The SMILES string of the molecule is C=C/C(=C\CC(C)=CC)C1=CC(N2c3ccc(C(/C=C\CN(c4cc(/C(C=C)=C/CCC)cc(-c5ccccc5)c4)C(C)C)=C/CC(=C)/C=C\C)cc3C3C=CC=C[C@@H]32)C(C)C=C1. The Hall–Kier alpha value is -6.12. The van der Waals surface area contributed by atoms with Gasteiger partial charge in [-0.05, 0) is 140 Å². The van der Waals surface area contributed by atoms with Gasteiger partial charge < -0.3 is 9.80 Å². The minimum atomic E-state index is 0.207. The molecule has 1 heterocycles. The molecule has 6 rings (SSSR count). The van der Waals surface area contributed by atoms with E-state index in [0.29, 0.717) is 5.92 Å². The van der Waals surface area contributed by atoms with Crippen molar-refractivity contribution in [2.24, 2.45) is 5.92 Å². The molecule has 1 aliphatic heterocycles. The monoisotopic (exact) mass is 831 g/mol. The van der Waals surface area contributed by atoms with E-state index in [1.165, 1.54) is 67.1 Å². The molecular weight excluding hydrogens is 761 g/mol. The van der Waals surface area contributed by atoms with E-state index in [-0.39, 0.29) is 24.0 Å². The highest BCUT2D eigenvalue weighted by Gasteiger charge is 2.41. The van der Waals surface area contributed by atoms with Crippen LogP contribution < -0.4 is 9.80 Å². The van der Waals surface area contributed by atoms with E-state index in [1.807, 2.05) is 12.2 Å². The van der Waals surface area contributed by atoms with Crippen LogP contribution in [0.15, 0.2) is 212 Å². The van der Waals surface area contributed by atoms with E-state index in [0.717, 1.165) is 37.8 Å². The summed E-state index contributed by atoms with van der Waals surface area (Å²) in [6.45, 7) is 29.1. The predicted octanol–water partition coefficient (Wildman–Crippen LogP) is 16.5. The molecule has 63 heavy (non-hydrogen) atoms. The highest BCUT2D eigenvalue weighted by molar-refractivity contribution is 5.82. The third-order valence-corrected chi connectivity index (χ3v) is 12.7. The maximum Gasteiger partial charge on any atom is 0.0586 e. The van der Waals surface area contributed by atoms with Gasteiger partial charge in [0.2, 0.25) is 0 Å². The molecule has 0 radical (unpaired) electrons. The molecule has 0 N–H and O–H groups in total. The van der Waals surface area contributed by atoms with Crippen molar-refractivity contribution in [2.45, 2.75) is 98.2 Å². The zero-order valence-electron chi connectivity index (χ0n) is 39.1. The molecule has 3 aromatic rings. The van der Waals surface area contributed by atoms with Gasteiger partial charge in [0.25, 0.3) is 0 Å². The van der Waals surface area contributed by atoms with Gasteiger partial charge in [-0.2, -0.15) is 0 Å². The number of hydrogen-bond acceptors (Lipinski definition) is 2. The molecule has 4 atom stereocenters. The molecule has 2 heteroatoms. The maximum atomic E-state index is 4.37. The van der Waals surface area contributed by atoms with E-state index in [2.05, 4.69) is 236 Å². The summed E-state index contributed by atoms with van der Waals surface area (Å²) < 4.78 is 0. The first-order valence-corrected chi connectivity index (χ1v) is 23.2. The molecule has 3 unspecified atom stereocenters. The number of hydrogen-bond donors (Lipinski definition) is 0. The van der Waals surface area contributed by atoms with Gasteiger partial charge in [0.15, 0.2) is 0 Å². The molecule has 0 saturated heterocycles. The highest BCUT2D eigenvalue weighted by atomic mass is 15.2. The average Bonchev–Trinajstić information content (AvgIpc) is 3.63. The van der Waals surface area contributed by atoms with Crippen LogP contribution in [0, 0.1) is 5.92 Å². The fourth-order valence-electron chi connectivity index (χ4n) is 8.99. The van der Waals surface area contributed by atoms with Crippen LogP contribution in [0.4, 0.5) is 11.4 Å². The molecule has 3 aliphatic rings. The molecule has 0 spiro atoms. The summed E-state index contributed by atoms with van der Waals surface area (Å²) in [5.41, 5.74) is 16.0. The predicted molar refractivity (Wildman–Crippen MR) is 279 cm³/mol. The first-order chi connectivity index (χ1) is 30.6. The highest BCUT2D eigenvalue weighted by Crippen LogP contribution is 2.48. The minimum Gasteiger partial charge on any atom is -0.365 e. The Bertz CT molecular complexity index is 2430. The third kappa shape index (κ3) is 11.3. The Kier molecular flexibility index (Phi) is 16.4. The van der Waals surface area contributed by atoms with Crippen LogP contribution in [-0.2, 0) is 0 Å². The summed E-state index contributed by atoms with van der Waals surface area (Å²) in [6.07, 6.45) is 42.3. The molecule has 0 aromatic heterocycles. The smallest absolute Gasteiger partial charge is 0.0586 e. The van der Waals surface area contributed by atoms with Crippen LogP contribution >= 0.6 is 0 Å². The second kappa shape index (κ2) is 22.3. The quantitative estimate of drug-likeness (QED) is 0.0877. The van der Waals surface area contributed by atoms with Crippen molar-refractivity contribution in [1.29, 1.82) is 0 Å². The summed E-state index contributed by atoms with van der Waals surface area (Å²) in [5.74, 6) is 0.618. The van der Waals surface area contributed by atoms with Crippen molar-refractivity contribution in [1.82, 2.24) is 0 Å². The molecule has 324 valence electrons. The molecular formula is C61H70N2. The lowest BCUT2D eigenvalue weighted by Gasteiger charge is -2.39. The van der Waals surface area contributed by atoms with Crippen LogP contribution in [0.2, 0.25) is 0 Å². The zero-order chi connectivity index (χ0) is 44.9. The topological polar surface area (TPSA) is 6.48 Å². The van der Waals surface area contributed by atoms with Crippen LogP contribution in [0.5, 0.6) is 0 Å². The van der Waals surface area contributed by atoms with E-state index < -0.39 is 0 Å². The molecule has 2 nitrogen and oxygen atoms in total. The van der Waals surface area contributed by atoms with Crippen LogP contribution in [0.3, 0.4) is 0 Å². The molecule has 0 saturated carbocycles. The van der Waals surface area contributed by atoms with Gasteiger partial charge in [0, 0.05) is 29.9 Å². The summed E-state index contributed by atoms with van der Waals surface area (Å²) in [5, 5.41) is 0. The van der Waals surface area contributed by atoms with Gasteiger partial charge in [-0.1, -0.05) is 191 Å². The van der Waals surface area contributed by atoms with Crippen molar-refractivity contribution in [3.63, 3.8) is 0 Å². The molecule has 3 aromatic carbocycles. The normalized spacial score (nSPS) is 20.1. The largest absolute Gasteiger partial charge is 0.365 e. The molecule has 2 aliphatic carbocycles. The third-order valence-electron chi connectivity index (χ3n) is 12.7. The lowest BCUT2D eigenvalue weighted by molar-refractivity contribution is 0.528. The average molecular weight is 831 g/mol. The Morgan fingerprint density at radius 2 is 1.56 bits per heavy atom. The second-order valence-electron chi connectivity index (χ2n) is 17.5. The van der Waals surface area contributed by atoms with Crippen LogP contribution in [0.1, 0.15) is 96.8 Å². The van der Waals surface area contributed by atoms with Crippen molar-refractivity contribution in [3.8, 4) is 11.1 Å². The Labute approximate surface area is 381 Å². The van der Waals surface area contributed by atoms with Gasteiger partial charge in [-0.15, -0.1) is 0 Å². The number of benzene rings is 3. The van der Waals surface area contributed by atoms with E-state index in [1.54, 1.807) is 0 Å². The molecule has 0 amide bonds. The van der Waals surface area contributed by atoms with E-state index in [4.69, 9.17) is 0 Å². The summed E-state index contributed by atoms with van der Waals surface area (Å²) in [4.78, 5) is 5.18. The van der Waals surface area contributed by atoms with E-state index in [9.17, 15) is 0 Å². The molecule has 0 bridgehead atoms. The van der Waals surface area contributed by atoms with Crippen LogP contribution in [-0.4, -0.2) is 24.7 Å². The molecule has 0 fully saturated rings. The summed E-state index contributed by atoms with van der Waals surface area (Å²) >= 11 is 0. The van der Waals surface area contributed by atoms with Gasteiger partial charge in [0.05, 0.1) is 12.1 Å². The second-order valence-corrected chi connectivity index (χ2v) is 17.5. The first kappa shape index (κ1) is 46.4. The Morgan fingerprint density at radius 3 is 2.27 bits per heavy atom. The Morgan fingerprint density at radius 1 is 0.794 bits per heavy atom. The lowest BCUT2D eigenvalue weighted by atomic mass is 9.86. The number of rotatable bonds is 19. The lowest BCUT2D eigenvalue weighted by Crippen LogP contribution is -2.44. The maximum absolute atomic E-state index is 4.37.